The number of nitrogens with zero attached hydrogens (tertiary/aromatic N) is 2. The monoisotopic (exact) mass is 452 g/mol. The van der Waals surface area contributed by atoms with Crippen LogP contribution in [-0.2, 0) is 4.57 Å². The van der Waals surface area contributed by atoms with E-state index in [2.05, 4.69) is 41.3 Å². The fraction of sp³-hybridized carbons (Fsp3) is 0. The summed E-state index contributed by atoms with van der Waals surface area (Å²) in [4.78, 5) is 20.6. The van der Waals surface area contributed by atoms with Crippen LogP contribution >= 0.6 is 7.60 Å². The molecule has 0 radical (unpaired) electrons. The van der Waals surface area contributed by atoms with Gasteiger partial charge >= 0.3 is 7.60 Å². The Kier molecular flexibility index (Phi) is 6.53. The van der Waals surface area contributed by atoms with Crippen molar-refractivity contribution < 1.29 is 14.4 Å². The van der Waals surface area contributed by atoms with E-state index in [1.54, 1.807) is 18.2 Å². The molecule has 0 saturated carbocycles. The van der Waals surface area contributed by atoms with E-state index in [9.17, 15) is 14.4 Å². The first-order valence-electron chi connectivity index (χ1n) is 10.2. The van der Waals surface area contributed by atoms with Crippen molar-refractivity contribution in [3.63, 3.8) is 0 Å². The summed E-state index contributed by atoms with van der Waals surface area (Å²) in [6.45, 7) is 0. The molecule has 0 aromatic heterocycles. The predicted molar refractivity (Wildman–Crippen MR) is 132 cm³/mol. The third-order valence-corrected chi connectivity index (χ3v) is 5.99. The SMILES string of the molecule is N#C/C(=C\c1ccc(-c2ccc(N(c3ccccc3)c3ccccc3)cc2)cc1)P(=O)(O)O. The zero-order valence-electron chi connectivity index (χ0n) is 17.6. The minimum Gasteiger partial charge on any atom is -0.321 e. The third-order valence-electron chi connectivity index (χ3n) is 5.13. The third kappa shape index (κ3) is 5.28. The van der Waals surface area contributed by atoms with Crippen molar-refractivity contribution in [3.05, 3.63) is 120 Å². The Morgan fingerprint density at radius 2 is 1.12 bits per heavy atom. The summed E-state index contributed by atoms with van der Waals surface area (Å²) < 4.78 is 11.3. The van der Waals surface area contributed by atoms with Gasteiger partial charge in [0.05, 0.1) is 0 Å². The fourth-order valence-corrected chi connectivity index (χ4v) is 3.96. The van der Waals surface area contributed by atoms with E-state index in [0.29, 0.717) is 5.56 Å². The first-order chi connectivity index (χ1) is 16.0. The molecule has 2 N–H and O–H groups in total. The van der Waals surface area contributed by atoms with Crippen LogP contribution in [0.4, 0.5) is 17.1 Å². The summed E-state index contributed by atoms with van der Waals surface area (Å²) in [5, 5.41) is 8.42. The molecular weight excluding hydrogens is 431 g/mol. The van der Waals surface area contributed by atoms with Gasteiger partial charge in [-0.3, -0.25) is 4.57 Å². The van der Waals surface area contributed by atoms with Crippen LogP contribution in [0, 0.1) is 11.3 Å². The van der Waals surface area contributed by atoms with Crippen molar-refractivity contribution >= 4 is 30.7 Å². The van der Waals surface area contributed by atoms with Crippen LogP contribution in [0.25, 0.3) is 17.2 Å². The van der Waals surface area contributed by atoms with Crippen LogP contribution in [0.2, 0.25) is 0 Å². The van der Waals surface area contributed by atoms with Gasteiger partial charge in [0, 0.05) is 17.1 Å². The molecule has 6 heteroatoms. The Hall–Kier alpha value is -3.94. The quantitative estimate of drug-likeness (QED) is 0.246. The molecule has 0 heterocycles. The highest BCUT2D eigenvalue weighted by Crippen LogP contribution is 2.45. The van der Waals surface area contributed by atoms with Gasteiger partial charge in [-0.1, -0.05) is 72.8 Å². The van der Waals surface area contributed by atoms with E-state index in [1.165, 1.54) is 6.08 Å². The molecule has 0 aliphatic carbocycles. The van der Waals surface area contributed by atoms with Crippen LogP contribution in [0.15, 0.2) is 115 Å². The van der Waals surface area contributed by atoms with Gasteiger partial charge < -0.3 is 14.7 Å². The van der Waals surface area contributed by atoms with Crippen LogP contribution in [0.3, 0.4) is 0 Å². The van der Waals surface area contributed by atoms with Gasteiger partial charge in [-0.25, -0.2) is 0 Å². The molecule has 4 aromatic carbocycles. The molecule has 0 bridgehead atoms. The number of allylic oxidation sites excluding steroid dienone is 1. The molecule has 4 aromatic rings. The lowest BCUT2D eigenvalue weighted by Gasteiger charge is -2.25. The number of benzene rings is 4. The van der Waals surface area contributed by atoms with E-state index in [0.717, 1.165) is 28.2 Å². The number of para-hydroxylation sites is 2. The summed E-state index contributed by atoms with van der Waals surface area (Å²) in [7, 11) is -4.58. The Balaban J connectivity index is 1.63. The summed E-state index contributed by atoms with van der Waals surface area (Å²) in [6, 6.07) is 37.3. The van der Waals surface area contributed by atoms with Gasteiger partial charge in [-0.15, -0.1) is 0 Å². The molecule has 0 atom stereocenters. The second-order valence-electron chi connectivity index (χ2n) is 7.36. The van der Waals surface area contributed by atoms with Crippen LogP contribution < -0.4 is 4.90 Å². The molecule has 5 nitrogen and oxygen atoms in total. The molecule has 4 rings (SSSR count). The number of anilines is 3. The molecule has 33 heavy (non-hydrogen) atoms. The lowest BCUT2D eigenvalue weighted by Crippen LogP contribution is -2.09. The summed E-state index contributed by atoms with van der Waals surface area (Å²) in [5.41, 5.74) is 5.66. The van der Waals surface area contributed by atoms with Crippen molar-refractivity contribution in [2.75, 3.05) is 4.90 Å². The largest absolute Gasteiger partial charge is 0.366 e. The maximum Gasteiger partial charge on any atom is 0.366 e. The molecule has 0 spiro atoms. The van der Waals surface area contributed by atoms with E-state index in [1.807, 2.05) is 60.7 Å². The topological polar surface area (TPSA) is 84.6 Å². The zero-order valence-corrected chi connectivity index (χ0v) is 18.5. The molecule has 0 saturated heterocycles. The highest BCUT2D eigenvalue weighted by atomic mass is 31.2. The average molecular weight is 452 g/mol. The number of hydrogen-bond acceptors (Lipinski definition) is 3. The van der Waals surface area contributed by atoms with Crippen LogP contribution in [0.1, 0.15) is 5.56 Å². The number of hydrogen-bond donors (Lipinski definition) is 2. The van der Waals surface area contributed by atoms with Crippen LogP contribution in [-0.4, -0.2) is 9.79 Å². The lowest BCUT2D eigenvalue weighted by atomic mass is 10.0. The van der Waals surface area contributed by atoms with Gasteiger partial charge in [0.1, 0.15) is 11.4 Å². The zero-order chi connectivity index (χ0) is 23.3. The highest BCUT2D eigenvalue weighted by Gasteiger charge is 2.20. The molecule has 162 valence electrons. The minimum absolute atomic E-state index is 0.551. The Morgan fingerprint density at radius 1 is 0.697 bits per heavy atom. The second-order valence-corrected chi connectivity index (χ2v) is 8.93. The van der Waals surface area contributed by atoms with Crippen LogP contribution in [0.5, 0.6) is 0 Å². The van der Waals surface area contributed by atoms with Gasteiger partial charge in [-0.2, -0.15) is 5.26 Å². The number of nitriles is 1. The maximum absolute atomic E-state index is 11.3. The first-order valence-corrected chi connectivity index (χ1v) is 11.9. The van der Waals surface area contributed by atoms with Gasteiger partial charge in [0.15, 0.2) is 0 Å². The fourth-order valence-electron chi connectivity index (χ4n) is 3.52. The van der Waals surface area contributed by atoms with Crippen molar-refractivity contribution in [1.29, 1.82) is 5.26 Å². The van der Waals surface area contributed by atoms with Gasteiger partial charge in [0.25, 0.3) is 0 Å². The second kappa shape index (κ2) is 9.68. The Morgan fingerprint density at radius 3 is 1.55 bits per heavy atom. The molecule has 0 aliphatic heterocycles. The molecule has 0 fully saturated rings. The molecule has 0 amide bonds. The molecule has 0 unspecified atom stereocenters. The van der Waals surface area contributed by atoms with Crippen molar-refractivity contribution in [2.45, 2.75) is 0 Å². The van der Waals surface area contributed by atoms with Crippen molar-refractivity contribution in [3.8, 4) is 17.2 Å². The van der Waals surface area contributed by atoms with Gasteiger partial charge in [0.2, 0.25) is 0 Å². The Labute approximate surface area is 192 Å². The smallest absolute Gasteiger partial charge is 0.321 e. The minimum atomic E-state index is -4.58. The van der Waals surface area contributed by atoms with Crippen molar-refractivity contribution in [2.24, 2.45) is 0 Å². The summed E-state index contributed by atoms with van der Waals surface area (Å²) in [6.07, 6.45) is 1.21. The predicted octanol–water partition coefficient (Wildman–Crippen LogP) is 6.87. The highest BCUT2D eigenvalue weighted by molar-refractivity contribution is 7.57. The van der Waals surface area contributed by atoms with E-state index < -0.39 is 12.9 Å². The Bertz CT molecular complexity index is 1300. The molecular formula is C27H21N2O3P. The summed E-state index contributed by atoms with van der Waals surface area (Å²) >= 11 is 0. The van der Waals surface area contributed by atoms with Gasteiger partial charge in [-0.05, 0) is 59.2 Å². The van der Waals surface area contributed by atoms with Crippen molar-refractivity contribution in [1.82, 2.24) is 0 Å². The number of rotatable bonds is 6. The van der Waals surface area contributed by atoms with E-state index >= 15 is 0 Å². The standard InChI is InChI=1S/C27H21N2O3P/c28-20-27(33(30,31)32)19-21-11-13-22(14-12-21)23-15-17-26(18-16-23)29(24-7-3-1-4-8-24)25-9-5-2-6-10-25/h1-19H,(H2,30,31,32)/b27-19+. The lowest BCUT2D eigenvalue weighted by molar-refractivity contribution is 0.384. The maximum atomic E-state index is 11.3. The van der Waals surface area contributed by atoms with E-state index in [4.69, 9.17) is 5.26 Å². The van der Waals surface area contributed by atoms with E-state index in [-0.39, 0.29) is 0 Å². The molecule has 0 aliphatic rings. The average Bonchev–Trinajstić information content (AvgIpc) is 2.84. The normalized spacial score (nSPS) is 11.6. The summed E-state index contributed by atoms with van der Waals surface area (Å²) in [5.74, 6) is 0. The first kappa shape index (κ1) is 22.3.